The monoisotopic (exact) mass is 748 g/mol. The standard InChI is InChI=1S/C40H37ClN6O7/c1-40(2)32(16-33(40)54-26-6-7-30(42-3)29(41)15-26)43-36(50)22-4-5-23-19-46(11-10-21(23)12-22)35(49)20-45-17-24-13-27-28(14-25(24)18-45)39(53)47(38(27)52)31-8-9-34(48)44-37(31)51/h4-7,12-15,31-33H,8-11,16-20H2,1-2H3,(H,43,50)(H,44,48,51)/t31?,32-,33-/m0/s1. The van der Waals surface area contributed by atoms with Gasteiger partial charge in [0.05, 0.1) is 29.3 Å². The number of piperidine rings is 1. The molecule has 5 aliphatic rings. The Morgan fingerprint density at radius 3 is 2.31 bits per heavy atom. The largest absolute Gasteiger partial charge is 0.490 e. The first-order chi connectivity index (χ1) is 25.8. The lowest BCUT2D eigenvalue weighted by Crippen LogP contribution is -2.63. The van der Waals surface area contributed by atoms with Crippen LogP contribution in [0.4, 0.5) is 5.69 Å². The Balaban J connectivity index is 0.844. The van der Waals surface area contributed by atoms with E-state index in [1.807, 2.05) is 35.8 Å². The predicted octanol–water partition coefficient (Wildman–Crippen LogP) is 4.17. The van der Waals surface area contributed by atoms with Gasteiger partial charge in [-0.25, -0.2) is 4.85 Å². The molecule has 6 amide bonds. The van der Waals surface area contributed by atoms with Gasteiger partial charge in [-0.05, 0) is 71.5 Å². The zero-order chi connectivity index (χ0) is 38.1. The van der Waals surface area contributed by atoms with Crippen LogP contribution >= 0.6 is 11.6 Å². The molecule has 0 aromatic heterocycles. The molecule has 13 nitrogen and oxygen atoms in total. The number of carbonyl (C=O) groups excluding carboxylic acids is 6. The van der Waals surface area contributed by atoms with Crippen LogP contribution in [0.15, 0.2) is 48.5 Å². The van der Waals surface area contributed by atoms with Crippen molar-refractivity contribution < 1.29 is 33.5 Å². The van der Waals surface area contributed by atoms with Gasteiger partial charge in [-0.2, -0.15) is 0 Å². The zero-order valence-electron chi connectivity index (χ0n) is 29.7. The molecule has 4 heterocycles. The Kier molecular flexibility index (Phi) is 8.78. The summed E-state index contributed by atoms with van der Waals surface area (Å²) in [6, 6.07) is 12.9. The SMILES string of the molecule is [C-]#[N+]c1ccc(O[C@H]2C[C@H](NC(=O)c3ccc4c(c3)CCN(C(=O)CN3Cc5cc6c(cc5C3)C(=O)N(C3CCC(=O)NC3=O)C6=O)C4)C2(C)C)cc1Cl. The molecule has 3 atom stereocenters. The van der Waals surface area contributed by atoms with Gasteiger partial charge in [-0.3, -0.25) is 43.9 Å². The number of amides is 6. The highest BCUT2D eigenvalue weighted by molar-refractivity contribution is 6.33. The van der Waals surface area contributed by atoms with E-state index in [1.165, 1.54) is 0 Å². The maximum Gasteiger partial charge on any atom is 0.262 e. The minimum Gasteiger partial charge on any atom is -0.490 e. The molecule has 276 valence electrons. The Morgan fingerprint density at radius 1 is 0.944 bits per heavy atom. The van der Waals surface area contributed by atoms with Crippen LogP contribution in [0.5, 0.6) is 5.75 Å². The van der Waals surface area contributed by atoms with Gasteiger partial charge in [-0.15, -0.1) is 0 Å². The fraction of sp³-hybridized carbons (Fsp3) is 0.375. The molecule has 1 aliphatic carbocycles. The number of fused-ring (bicyclic) bond motifs is 3. The lowest BCUT2D eigenvalue weighted by Gasteiger charge is -2.51. The number of imide groups is 2. The van der Waals surface area contributed by atoms with Crippen LogP contribution in [0.3, 0.4) is 0 Å². The predicted molar refractivity (Wildman–Crippen MR) is 195 cm³/mol. The Hall–Kier alpha value is -5.58. The maximum atomic E-state index is 13.5. The summed E-state index contributed by atoms with van der Waals surface area (Å²) in [5.74, 6) is -1.78. The van der Waals surface area contributed by atoms with Gasteiger partial charge >= 0.3 is 0 Å². The highest BCUT2D eigenvalue weighted by Crippen LogP contribution is 2.44. The molecule has 14 heteroatoms. The molecule has 8 rings (SSSR count). The van der Waals surface area contributed by atoms with Gasteiger partial charge in [0.1, 0.15) is 17.9 Å². The highest BCUT2D eigenvalue weighted by Gasteiger charge is 2.51. The third-order valence-corrected chi connectivity index (χ3v) is 11.8. The fourth-order valence-electron chi connectivity index (χ4n) is 8.14. The van der Waals surface area contributed by atoms with Crippen molar-refractivity contribution in [2.75, 3.05) is 13.1 Å². The van der Waals surface area contributed by atoms with Gasteiger partial charge in [0.25, 0.3) is 17.7 Å². The molecule has 1 saturated heterocycles. The van der Waals surface area contributed by atoms with Crippen molar-refractivity contribution in [3.63, 3.8) is 0 Å². The maximum absolute atomic E-state index is 13.5. The van der Waals surface area contributed by atoms with Crippen LogP contribution in [-0.2, 0) is 40.4 Å². The van der Waals surface area contributed by atoms with Gasteiger partial charge in [0.2, 0.25) is 23.4 Å². The molecular weight excluding hydrogens is 712 g/mol. The smallest absolute Gasteiger partial charge is 0.262 e. The number of carbonyl (C=O) groups is 6. The van der Waals surface area contributed by atoms with E-state index in [2.05, 4.69) is 15.5 Å². The molecule has 2 N–H and O–H groups in total. The second kappa shape index (κ2) is 13.4. The van der Waals surface area contributed by atoms with E-state index >= 15 is 0 Å². The third-order valence-electron chi connectivity index (χ3n) is 11.5. The number of benzene rings is 3. The minimum atomic E-state index is -1.02. The molecule has 2 fully saturated rings. The van der Waals surface area contributed by atoms with E-state index in [9.17, 15) is 28.8 Å². The molecule has 0 radical (unpaired) electrons. The van der Waals surface area contributed by atoms with Crippen LogP contribution in [-0.4, -0.2) is 81.4 Å². The average Bonchev–Trinajstić information content (AvgIpc) is 3.65. The lowest BCUT2D eigenvalue weighted by atomic mass is 9.64. The summed E-state index contributed by atoms with van der Waals surface area (Å²) in [5, 5.41) is 5.72. The van der Waals surface area contributed by atoms with Gasteiger partial charge in [-0.1, -0.05) is 37.6 Å². The van der Waals surface area contributed by atoms with Crippen molar-refractivity contribution in [2.24, 2.45) is 5.41 Å². The number of nitrogens with zero attached hydrogens (tertiary/aromatic N) is 4. The molecule has 4 aliphatic heterocycles. The number of halogens is 1. The van der Waals surface area contributed by atoms with Crippen LogP contribution in [0.2, 0.25) is 5.02 Å². The molecule has 54 heavy (non-hydrogen) atoms. The van der Waals surface area contributed by atoms with Gasteiger partial charge in [0.15, 0.2) is 0 Å². The normalized spacial score (nSPS) is 22.8. The van der Waals surface area contributed by atoms with Crippen molar-refractivity contribution in [1.82, 2.24) is 25.3 Å². The molecule has 3 aromatic carbocycles. The van der Waals surface area contributed by atoms with Crippen molar-refractivity contribution >= 4 is 52.7 Å². The number of hydrogen-bond donors (Lipinski definition) is 2. The van der Waals surface area contributed by atoms with Gasteiger partial charge in [0, 0.05) is 56.0 Å². The summed E-state index contributed by atoms with van der Waals surface area (Å²) in [5.41, 5.74) is 4.80. The average molecular weight is 749 g/mol. The highest BCUT2D eigenvalue weighted by atomic mass is 35.5. The Morgan fingerprint density at radius 2 is 1.67 bits per heavy atom. The summed E-state index contributed by atoms with van der Waals surface area (Å²) >= 11 is 6.18. The number of nitrogens with one attached hydrogen (secondary N) is 2. The topological polar surface area (TPSA) is 150 Å². The van der Waals surface area contributed by atoms with Crippen LogP contribution in [0.1, 0.15) is 86.4 Å². The Bertz CT molecular complexity index is 2180. The second-order valence-corrected chi connectivity index (χ2v) is 15.6. The quantitative estimate of drug-likeness (QED) is 0.270. The zero-order valence-corrected chi connectivity index (χ0v) is 30.5. The third kappa shape index (κ3) is 6.19. The number of ether oxygens (including phenoxy) is 1. The van der Waals surface area contributed by atoms with Crippen molar-refractivity contribution in [1.29, 1.82) is 0 Å². The first-order valence-electron chi connectivity index (χ1n) is 17.9. The van der Waals surface area contributed by atoms with Crippen LogP contribution in [0, 0.1) is 12.0 Å². The molecular formula is C40H37ClN6O7. The van der Waals surface area contributed by atoms with Crippen molar-refractivity contribution in [2.45, 2.75) is 77.4 Å². The number of rotatable bonds is 7. The first-order valence-corrected chi connectivity index (χ1v) is 18.3. The van der Waals surface area contributed by atoms with E-state index in [0.29, 0.717) is 61.0 Å². The van der Waals surface area contributed by atoms with Crippen LogP contribution in [0.25, 0.3) is 4.85 Å². The molecule has 0 spiro atoms. The molecule has 3 aromatic rings. The molecule has 1 saturated carbocycles. The fourth-order valence-corrected chi connectivity index (χ4v) is 8.35. The van der Waals surface area contributed by atoms with Crippen molar-refractivity contribution in [3.05, 3.63) is 104 Å². The summed E-state index contributed by atoms with van der Waals surface area (Å²) in [6.07, 6.45) is 1.27. The summed E-state index contributed by atoms with van der Waals surface area (Å²) in [7, 11) is 0. The summed E-state index contributed by atoms with van der Waals surface area (Å²) in [6.45, 7) is 13.3. The van der Waals surface area contributed by atoms with Gasteiger partial charge < -0.3 is 15.0 Å². The van der Waals surface area contributed by atoms with E-state index in [0.717, 1.165) is 27.2 Å². The second-order valence-electron chi connectivity index (χ2n) is 15.2. The molecule has 0 bridgehead atoms. The minimum absolute atomic E-state index is 0.0346. The summed E-state index contributed by atoms with van der Waals surface area (Å²) < 4.78 is 6.16. The summed E-state index contributed by atoms with van der Waals surface area (Å²) in [4.78, 5) is 85.5. The Labute approximate surface area is 316 Å². The number of hydrogen-bond acceptors (Lipinski definition) is 8. The van der Waals surface area contributed by atoms with Crippen LogP contribution < -0.4 is 15.4 Å². The first kappa shape index (κ1) is 35.4. The van der Waals surface area contributed by atoms with E-state index in [4.69, 9.17) is 22.9 Å². The van der Waals surface area contributed by atoms with E-state index in [1.54, 1.807) is 36.4 Å². The van der Waals surface area contributed by atoms with E-state index in [-0.39, 0.29) is 59.9 Å². The lowest BCUT2D eigenvalue weighted by molar-refractivity contribution is -0.136. The van der Waals surface area contributed by atoms with E-state index < -0.39 is 29.7 Å². The van der Waals surface area contributed by atoms with Crippen molar-refractivity contribution in [3.8, 4) is 5.75 Å². The molecule has 1 unspecified atom stereocenters.